The van der Waals surface area contributed by atoms with Crippen molar-refractivity contribution >= 4 is 38.7 Å². The van der Waals surface area contributed by atoms with E-state index in [4.69, 9.17) is 4.74 Å². The van der Waals surface area contributed by atoms with Gasteiger partial charge in [-0.1, -0.05) is 31.3 Å². The number of aromatic nitrogens is 1. The number of rotatable bonds is 4. The molecule has 6 nitrogen and oxygen atoms in total. The highest BCUT2D eigenvalue weighted by Crippen LogP contribution is 2.30. The van der Waals surface area contributed by atoms with Crippen molar-refractivity contribution < 1.29 is 14.3 Å². The van der Waals surface area contributed by atoms with Crippen molar-refractivity contribution in [2.75, 3.05) is 18.5 Å². The van der Waals surface area contributed by atoms with Crippen LogP contribution >= 0.6 is 11.3 Å². The first kappa shape index (κ1) is 18.6. The van der Waals surface area contributed by atoms with Gasteiger partial charge in [0.05, 0.1) is 16.8 Å². The summed E-state index contributed by atoms with van der Waals surface area (Å²) in [5.74, 6) is 0.0701. The number of nitrogens with zero attached hydrogens (tertiary/aromatic N) is 2. The molecule has 7 heteroatoms. The van der Waals surface area contributed by atoms with Gasteiger partial charge >= 0.3 is 6.09 Å². The number of aryl methyl sites for hydroxylation is 2. The molecule has 1 aliphatic rings. The highest BCUT2D eigenvalue weighted by atomic mass is 32.1. The molecule has 2 heterocycles. The van der Waals surface area contributed by atoms with Crippen LogP contribution in [0.5, 0.6) is 0 Å². The third-order valence-corrected chi connectivity index (χ3v) is 5.31. The number of nitrogens with one attached hydrogen (secondary N) is 1. The number of benzene rings is 1. The summed E-state index contributed by atoms with van der Waals surface area (Å²) >= 11 is 1.46. The zero-order valence-electron chi connectivity index (χ0n) is 15.7. The molecule has 1 unspecified atom stereocenters. The van der Waals surface area contributed by atoms with Crippen molar-refractivity contribution in [2.45, 2.75) is 46.6 Å². The maximum atomic E-state index is 12.7. The lowest BCUT2D eigenvalue weighted by Gasteiger charge is -2.23. The second-order valence-corrected chi connectivity index (χ2v) is 8.29. The zero-order valence-corrected chi connectivity index (χ0v) is 16.5. The number of carbonyl (C=O) groups excluding carboxylic acids is 2. The minimum absolute atomic E-state index is 0.197. The van der Waals surface area contributed by atoms with Gasteiger partial charge in [0, 0.05) is 6.54 Å². The van der Waals surface area contributed by atoms with Gasteiger partial charge < -0.3 is 10.1 Å². The lowest BCUT2D eigenvalue weighted by atomic mass is 10.1. The number of anilines is 1. The van der Waals surface area contributed by atoms with Crippen LogP contribution in [0.25, 0.3) is 10.2 Å². The molecular formula is C19H25N3O3S. The van der Waals surface area contributed by atoms with E-state index in [1.807, 2.05) is 27.7 Å². The molecule has 1 aliphatic heterocycles. The van der Waals surface area contributed by atoms with Gasteiger partial charge in [-0.3, -0.25) is 9.69 Å². The summed E-state index contributed by atoms with van der Waals surface area (Å²) in [6.07, 6.45) is 1.03. The summed E-state index contributed by atoms with van der Waals surface area (Å²) in [5.41, 5.74) is 3.18. The summed E-state index contributed by atoms with van der Waals surface area (Å²) in [4.78, 5) is 31.0. The first-order valence-electron chi connectivity index (χ1n) is 8.97. The molecule has 2 amide bonds. The lowest BCUT2D eigenvalue weighted by Crippen LogP contribution is -2.43. The molecule has 26 heavy (non-hydrogen) atoms. The molecule has 0 bridgehead atoms. The molecule has 0 saturated carbocycles. The van der Waals surface area contributed by atoms with E-state index in [2.05, 4.69) is 22.4 Å². The Hall–Kier alpha value is -2.15. The molecule has 3 rings (SSSR count). The summed E-state index contributed by atoms with van der Waals surface area (Å²) in [5, 5.41) is 3.46. The molecule has 0 aliphatic carbocycles. The van der Waals surface area contributed by atoms with Crippen LogP contribution in [-0.4, -0.2) is 41.1 Å². The maximum absolute atomic E-state index is 12.7. The van der Waals surface area contributed by atoms with E-state index in [9.17, 15) is 9.59 Å². The molecule has 1 aromatic carbocycles. The molecule has 1 N–H and O–H groups in total. The number of carbonyl (C=O) groups is 2. The predicted octanol–water partition coefficient (Wildman–Crippen LogP) is 4.11. The fourth-order valence-corrected chi connectivity index (χ4v) is 4.24. The lowest BCUT2D eigenvalue weighted by molar-refractivity contribution is -0.120. The van der Waals surface area contributed by atoms with Crippen molar-refractivity contribution in [3.05, 3.63) is 23.3 Å². The summed E-state index contributed by atoms with van der Waals surface area (Å²) in [6.45, 7) is 8.94. The van der Waals surface area contributed by atoms with Gasteiger partial charge in [-0.25, -0.2) is 9.78 Å². The van der Waals surface area contributed by atoms with Gasteiger partial charge in [-0.05, 0) is 49.8 Å². The Morgan fingerprint density at radius 1 is 1.38 bits per heavy atom. The second kappa shape index (κ2) is 7.61. The van der Waals surface area contributed by atoms with Crippen molar-refractivity contribution in [1.82, 2.24) is 9.88 Å². The van der Waals surface area contributed by atoms with E-state index < -0.39 is 12.1 Å². The van der Waals surface area contributed by atoms with Crippen molar-refractivity contribution in [1.29, 1.82) is 0 Å². The van der Waals surface area contributed by atoms with E-state index >= 15 is 0 Å². The summed E-state index contributed by atoms with van der Waals surface area (Å²) in [6, 6.07) is 3.65. The zero-order chi connectivity index (χ0) is 18.8. The SMILES string of the molecule is Cc1cc(C)c2nc(NC(=O)C3CCCN3C(=O)OCC(C)C)sc2c1. The first-order valence-corrected chi connectivity index (χ1v) is 9.79. The molecule has 1 aromatic heterocycles. The topological polar surface area (TPSA) is 71.5 Å². The summed E-state index contributed by atoms with van der Waals surface area (Å²) < 4.78 is 6.34. The minimum atomic E-state index is -0.496. The summed E-state index contributed by atoms with van der Waals surface area (Å²) in [7, 11) is 0. The number of fused-ring (bicyclic) bond motifs is 1. The van der Waals surface area contributed by atoms with E-state index in [-0.39, 0.29) is 11.8 Å². The van der Waals surface area contributed by atoms with E-state index in [0.717, 1.165) is 22.2 Å². The molecule has 140 valence electrons. The van der Waals surface area contributed by atoms with Gasteiger partial charge in [0.1, 0.15) is 6.04 Å². The Bertz CT molecular complexity index is 831. The predicted molar refractivity (Wildman–Crippen MR) is 104 cm³/mol. The monoisotopic (exact) mass is 375 g/mol. The quantitative estimate of drug-likeness (QED) is 0.873. The molecule has 0 radical (unpaired) electrons. The van der Waals surface area contributed by atoms with Crippen LogP contribution in [0.1, 0.15) is 37.8 Å². The minimum Gasteiger partial charge on any atom is -0.449 e. The fourth-order valence-electron chi connectivity index (χ4n) is 3.19. The first-order chi connectivity index (χ1) is 12.3. The average molecular weight is 375 g/mol. The fraction of sp³-hybridized carbons (Fsp3) is 0.526. The van der Waals surface area contributed by atoms with Gasteiger partial charge in [-0.2, -0.15) is 0 Å². The molecule has 1 saturated heterocycles. The Morgan fingerprint density at radius 3 is 2.88 bits per heavy atom. The van der Waals surface area contributed by atoms with E-state index in [0.29, 0.717) is 24.7 Å². The normalized spacial score (nSPS) is 17.1. The van der Waals surface area contributed by atoms with Gasteiger partial charge in [0.2, 0.25) is 5.91 Å². The number of hydrogen-bond donors (Lipinski definition) is 1. The number of ether oxygens (including phenoxy) is 1. The number of likely N-dealkylation sites (tertiary alicyclic amines) is 1. The van der Waals surface area contributed by atoms with Crippen molar-refractivity contribution in [3.63, 3.8) is 0 Å². The molecule has 1 atom stereocenters. The average Bonchev–Trinajstić information content (AvgIpc) is 3.19. The molecular weight excluding hydrogens is 350 g/mol. The van der Waals surface area contributed by atoms with Gasteiger partial charge in [0.25, 0.3) is 0 Å². The Balaban J connectivity index is 1.70. The van der Waals surface area contributed by atoms with Crippen molar-refractivity contribution in [2.24, 2.45) is 5.92 Å². The van der Waals surface area contributed by atoms with Crippen LogP contribution in [0.4, 0.5) is 9.93 Å². The van der Waals surface area contributed by atoms with Crippen LogP contribution < -0.4 is 5.32 Å². The molecule has 0 spiro atoms. The van der Waals surface area contributed by atoms with Gasteiger partial charge in [-0.15, -0.1) is 0 Å². The Morgan fingerprint density at radius 2 is 2.15 bits per heavy atom. The smallest absolute Gasteiger partial charge is 0.410 e. The Kier molecular flexibility index (Phi) is 5.46. The number of amides is 2. The van der Waals surface area contributed by atoms with Crippen LogP contribution in [0.3, 0.4) is 0 Å². The largest absolute Gasteiger partial charge is 0.449 e. The van der Waals surface area contributed by atoms with Crippen LogP contribution in [-0.2, 0) is 9.53 Å². The van der Waals surface area contributed by atoms with Gasteiger partial charge in [0.15, 0.2) is 5.13 Å². The van der Waals surface area contributed by atoms with Crippen LogP contribution in [0.15, 0.2) is 12.1 Å². The van der Waals surface area contributed by atoms with Crippen LogP contribution in [0, 0.1) is 19.8 Å². The number of hydrogen-bond acceptors (Lipinski definition) is 5. The standard InChI is InChI=1S/C19H25N3O3S/c1-11(2)10-25-19(24)22-7-5-6-14(22)17(23)21-18-20-16-13(4)8-12(3)9-15(16)26-18/h8-9,11,14H,5-7,10H2,1-4H3,(H,20,21,23). The Labute approximate surface area is 157 Å². The third kappa shape index (κ3) is 3.98. The second-order valence-electron chi connectivity index (χ2n) is 7.26. The highest BCUT2D eigenvalue weighted by Gasteiger charge is 2.35. The van der Waals surface area contributed by atoms with E-state index in [1.165, 1.54) is 21.8 Å². The highest BCUT2D eigenvalue weighted by molar-refractivity contribution is 7.22. The molecule has 1 fully saturated rings. The van der Waals surface area contributed by atoms with E-state index in [1.54, 1.807) is 0 Å². The number of thiazole rings is 1. The van der Waals surface area contributed by atoms with Crippen molar-refractivity contribution in [3.8, 4) is 0 Å². The van der Waals surface area contributed by atoms with Crippen LogP contribution in [0.2, 0.25) is 0 Å². The maximum Gasteiger partial charge on any atom is 0.410 e. The third-order valence-electron chi connectivity index (χ3n) is 4.39. The molecule has 2 aromatic rings.